The highest BCUT2D eigenvalue weighted by Crippen LogP contribution is 2.63. The first-order chi connectivity index (χ1) is 37.7. The molecule has 1 heteroatoms. The van der Waals surface area contributed by atoms with Gasteiger partial charge >= 0.3 is 0 Å². The molecule has 5 aliphatic rings. The van der Waals surface area contributed by atoms with Crippen LogP contribution in [0.4, 0.5) is 17.1 Å². The summed E-state index contributed by atoms with van der Waals surface area (Å²) in [4.78, 5) is 2.59. The Morgan fingerprint density at radius 3 is 1.01 bits per heavy atom. The van der Waals surface area contributed by atoms with Crippen LogP contribution in [0.25, 0.3) is 11.1 Å². The summed E-state index contributed by atoms with van der Waals surface area (Å²) in [6, 6.07) is 99.0. The monoisotopic (exact) mass is 969 g/mol. The van der Waals surface area contributed by atoms with Gasteiger partial charge in [0.1, 0.15) is 0 Å². The van der Waals surface area contributed by atoms with Gasteiger partial charge in [-0.2, -0.15) is 0 Å². The van der Waals surface area contributed by atoms with E-state index in [0.717, 1.165) is 17.1 Å². The minimum atomic E-state index is -0.569. The van der Waals surface area contributed by atoms with Gasteiger partial charge in [-0.1, -0.05) is 273 Å². The maximum Gasteiger partial charge on any atom is 0.0714 e. The van der Waals surface area contributed by atoms with Gasteiger partial charge in [0.05, 0.1) is 16.2 Å². The van der Waals surface area contributed by atoms with Gasteiger partial charge in [-0.05, 0) is 114 Å². The fourth-order valence-electron chi connectivity index (χ4n) is 15.2. The number of nitrogens with zero attached hydrogens (tertiary/aromatic N) is 1. The van der Waals surface area contributed by atoms with Crippen molar-refractivity contribution in [3.63, 3.8) is 0 Å². The Labute approximate surface area is 446 Å². The van der Waals surface area contributed by atoms with Crippen molar-refractivity contribution in [2.75, 3.05) is 4.90 Å². The number of fused-ring (bicyclic) bond motifs is 9. The molecule has 0 bridgehead atoms. The minimum Gasteiger partial charge on any atom is -0.310 e. The molecule has 5 aliphatic carbocycles. The molecule has 0 saturated heterocycles. The van der Waals surface area contributed by atoms with E-state index in [0.29, 0.717) is 0 Å². The van der Waals surface area contributed by atoms with Crippen molar-refractivity contribution in [2.24, 2.45) is 11.8 Å². The minimum absolute atomic E-state index is 0.179. The summed E-state index contributed by atoms with van der Waals surface area (Å²) in [6.45, 7) is 0. The van der Waals surface area contributed by atoms with E-state index < -0.39 is 16.2 Å². The van der Waals surface area contributed by atoms with Crippen molar-refractivity contribution in [3.8, 4) is 11.1 Å². The first-order valence-corrected chi connectivity index (χ1v) is 27.1. The molecular formula is C75H55N. The van der Waals surface area contributed by atoms with E-state index in [1.54, 1.807) is 0 Å². The molecular weight excluding hydrogens is 915 g/mol. The van der Waals surface area contributed by atoms with E-state index in [1.165, 1.54) is 77.9 Å². The molecule has 0 spiro atoms. The summed E-state index contributed by atoms with van der Waals surface area (Å²) in [5.74, 6) is 0.776. The lowest BCUT2D eigenvalue weighted by Crippen LogP contribution is -2.35. The van der Waals surface area contributed by atoms with Crippen LogP contribution in [0.1, 0.15) is 78.6 Å². The normalized spacial score (nSPS) is 19.9. The first-order valence-electron chi connectivity index (χ1n) is 27.1. The van der Waals surface area contributed by atoms with Crippen molar-refractivity contribution in [1.82, 2.24) is 0 Å². The van der Waals surface area contributed by atoms with Crippen molar-refractivity contribution in [2.45, 2.75) is 28.1 Å². The summed E-state index contributed by atoms with van der Waals surface area (Å²) in [5.41, 5.74) is 20.2. The summed E-state index contributed by atoms with van der Waals surface area (Å²) in [7, 11) is 0. The maximum absolute atomic E-state index is 2.59. The molecule has 0 radical (unpaired) electrons. The van der Waals surface area contributed by atoms with Gasteiger partial charge in [-0.15, -0.1) is 0 Å². The molecule has 0 fully saturated rings. The molecule has 360 valence electrons. The average Bonchev–Trinajstić information content (AvgIpc) is 4.27. The maximum atomic E-state index is 2.59. The molecule has 4 atom stereocenters. The van der Waals surface area contributed by atoms with Gasteiger partial charge in [-0.25, -0.2) is 0 Å². The topological polar surface area (TPSA) is 3.24 Å². The van der Waals surface area contributed by atoms with Crippen LogP contribution in [0.5, 0.6) is 0 Å². The number of hydrogen-bond acceptors (Lipinski definition) is 1. The van der Waals surface area contributed by atoms with Gasteiger partial charge in [-0.3, -0.25) is 0 Å². The fourth-order valence-corrected chi connectivity index (χ4v) is 15.2. The number of hydrogen-bond donors (Lipinski definition) is 0. The Kier molecular flexibility index (Phi) is 10.3. The van der Waals surface area contributed by atoms with Crippen LogP contribution >= 0.6 is 0 Å². The van der Waals surface area contributed by atoms with E-state index in [9.17, 15) is 0 Å². The van der Waals surface area contributed by atoms with Gasteiger partial charge in [0.2, 0.25) is 0 Å². The van der Waals surface area contributed by atoms with E-state index in [2.05, 4.69) is 314 Å². The van der Waals surface area contributed by atoms with Gasteiger partial charge < -0.3 is 4.90 Å². The van der Waals surface area contributed by atoms with Crippen LogP contribution in [0.3, 0.4) is 0 Å². The fraction of sp³-hybridized carbons (Fsp3) is 0.0933. The molecule has 4 unspecified atom stereocenters. The molecule has 76 heavy (non-hydrogen) atoms. The van der Waals surface area contributed by atoms with E-state index in [1.807, 2.05) is 0 Å². The Hall–Kier alpha value is -9.04. The summed E-state index contributed by atoms with van der Waals surface area (Å²) in [5, 5.41) is 0. The smallest absolute Gasteiger partial charge is 0.0714 e. The predicted molar refractivity (Wildman–Crippen MR) is 313 cm³/mol. The molecule has 0 aromatic heterocycles. The van der Waals surface area contributed by atoms with E-state index in [4.69, 9.17) is 0 Å². The average molecular weight is 970 g/mol. The Bertz CT molecular complexity index is 3660. The number of anilines is 3. The highest BCUT2D eigenvalue weighted by molar-refractivity contribution is 5.90. The van der Waals surface area contributed by atoms with Crippen LogP contribution in [0.15, 0.2) is 309 Å². The molecule has 15 rings (SSSR count). The third-order valence-corrected chi connectivity index (χ3v) is 18.0. The third-order valence-electron chi connectivity index (χ3n) is 18.0. The highest BCUT2D eigenvalue weighted by atomic mass is 15.1. The zero-order chi connectivity index (χ0) is 50.3. The van der Waals surface area contributed by atoms with Crippen LogP contribution in [-0.2, 0) is 16.2 Å². The van der Waals surface area contributed by atoms with Crippen LogP contribution in [-0.4, -0.2) is 0 Å². The molecule has 0 aliphatic heterocycles. The van der Waals surface area contributed by atoms with Crippen LogP contribution in [0.2, 0.25) is 0 Å². The zero-order valence-corrected chi connectivity index (χ0v) is 42.2. The van der Waals surface area contributed by atoms with Crippen LogP contribution in [0, 0.1) is 11.8 Å². The molecule has 0 heterocycles. The molecule has 10 aromatic rings. The van der Waals surface area contributed by atoms with E-state index in [-0.39, 0.29) is 23.7 Å². The van der Waals surface area contributed by atoms with Gasteiger partial charge in [0.15, 0.2) is 0 Å². The lowest BCUT2D eigenvalue weighted by molar-refractivity contribution is 0.456. The Balaban J connectivity index is 1.03. The van der Waals surface area contributed by atoms with Gasteiger partial charge in [0.25, 0.3) is 0 Å². The second-order valence-corrected chi connectivity index (χ2v) is 21.4. The van der Waals surface area contributed by atoms with Crippen molar-refractivity contribution < 1.29 is 0 Å². The van der Waals surface area contributed by atoms with Gasteiger partial charge in [0, 0.05) is 40.7 Å². The number of benzene rings is 10. The second kappa shape index (κ2) is 17.5. The Morgan fingerprint density at radius 1 is 0.263 bits per heavy atom. The second-order valence-electron chi connectivity index (χ2n) is 21.4. The molecule has 1 nitrogen and oxygen atoms in total. The van der Waals surface area contributed by atoms with Crippen LogP contribution < -0.4 is 4.90 Å². The first kappa shape index (κ1) is 44.4. The van der Waals surface area contributed by atoms with Crippen molar-refractivity contribution in [1.29, 1.82) is 0 Å². The SMILES string of the molecule is C1=CC2c3ccc(N(c4ccc5c(c4)C(c4ccccc4)(c4ccccc4)c4ccccc4-5)c4ccc5c(c4)C(c4ccccc4)(c4ccccc4)C4C=CC=CC54)cc3C(c3ccccc3)(c3ccccc3)C2C=C1. The number of rotatable bonds is 9. The zero-order valence-electron chi connectivity index (χ0n) is 42.2. The summed E-state index contributed by atoms with van der Waals surface area (Å²) in [6.07, 6.45) is 18.9. The third kappa shape index (κ3) is 6.20. The Morgan fingerprint density at radius 2 is 0.592 bits per heavy atom. The lowest BCUT2D eigenvalue weighted by Gasteiger charge is -2.39. The molecule has 0 saturated carbocycles. The summed E-state index contributed by atoms with van der Waals surface area (Å²) < 4.78 is 0. The predicted octanol–water partition coefficient (Wildman–Crippen LogP) is 17.9. The highest BCUT2D eigenvalue weighted by Gasteiger charge is 2.55. The molecule has 0 amide bonds. The standard InChI is InChI=1S/C75H55N/c1-7-25-52(26-8-1)73(53-27-9-2-10-28-53)67-40-22-19-37-61(67)64-46-43-58(49-70(64)73)76(59-44-47-65-62-38-20-23-41-68(62)74(71(65)50-59,54-29-11-3-12-30-54)55-31-13-4-14-32-55)60-45-48-66-63-39-21-24-42-69(63)75(72(66)51-60,56-33-15-5-16-34-56)57-35-17-6-18-36-57/h1-51,61-62,67-68H. The van der Waals surface area contributed by atoms with E-state index >= 15 is 0 Å². The molecule has 10 aromatic carbocycles. The lowest BCUT2D eigenvalue weighted by atomic mass is 9.63. The summed E-state index contributed by atoms with van der Waals surface area (Å²) >= 11 is 0. The number of allylic oxidation sites excluding steroid dienone is 8. The largest absolute Gasteiger partial charge is 0.310 e. The van der Waals surface area contributed by atoms with Crippen molar-refractivity contribution in [3.05, 3.63) is 376 Å². The quantitative estimate of drug-likeness (QED) is 0.139. The van der Waals surface area contributed by atoms with Crippen molar-refractivity contribution >= 4 is 17.1 Å². The molecule has 0 N–H and O–H groups in total.